The smallest absolute Gasteiger partial charge is 0.128 e. The monoisotopic (exact) mass is 288 g/mol. The van der Waals surface area contributed by atoms with Gasteiger partial charge < -0.3 is 10.6 Å². The van der Waals surface area contributed by atoms with E-state index < -0.39 is 0 Å². The lowest BCUT2D eigenvalue weighted by Gasteiger charge is -2.37. The zero-order valence-corrected chi connectivity index (χ0v) is 13.0. The summed E-state index contributed by atoms with van der Waals surface area (Å²) in [6, 6.07) is 6.57. The number of hydrogen-bond acceptors (Lipinski definition) is 4. The molecule has 1 aromatic rings. The Morgan fingerprint density at radius 2 is 1.86 bits per heavy atom. The van der Waals surface area contributed by atoms with Crippen molar-refractivity contribution in [2.24, 2.45) is 11.7 Å². The average Bonchev–Trinajstić information content (AvgIpc) is 2.74. The number of aromatic nitrogens is 1. The minimum atomic E-state index is 0.418. The van der Waals surface area contributed by atoms with Crippen LogP contribution in [0.1, 0.15) is 32.1 Å². The molecule has 3 rings (SSSR count). The third-order valence-electron chi connectivity index (χ3n) is 5.06. The topological polar surface area (TPSA) is 45.4 Å². The zero-order valence-electron chi connectivity index (χ0n) is 13.0. The van der Waals surface area contributed by atoms with Gasteiger partial charge in [0.05, 0.1) is 0 Å². The quantitative estimate of drug-likeness (QED) is 0.865. The second-order valence-electron chi connectivity index (χ2n) is 6.54. The summed E-state index contributed by atoms with van der Waals surface area (Å²) in [5.74, 6) is 1.82. The van der Waals surface area contributed by atoms with Gasteiger partial charge in [-0.3, -0.25) is 4.90 Å². The summed E-state index contributed by atoms with van der Waals surface area (Å²) in [7, 11) is 0. The molecule has 0 spiro atoms. The first kappa shape index (κ1) is 14.8. The molecule has 0 radical (unpaired) electrons. The van der Waals surface area contributed by atoms with Crippen molar-refractivity contribution in [2.45, 2.75) is 38.1 Å². The number of hydrogen-bond donors (Lipinski definition) is 1. The highest BCUT2D eigenvalue weighted by Crippen LogP contribution is 2.24. The molecule has 1 saturated heterocycles. The van der Waals surface area contributed by atoms with Crippen molar-refractivity contribution in [2.75, 3.05) is 37.6 Å². The van der Waals surface area contributed by atoms with E-state index in [1.165, 1.54) is 38.6 Å². The Kier molecular flexibility index (Phi) is 5.09. The van der Waals surface area contributed by atoms with Gasteiger partial charge in [-0.1, -0.05) is 25.3 Å². The summed E-state index contributed by atoms with van der Waals surface area (Å²) in [6.07, 6.45) is 8.49. The minimum absolute atomic E-state index is 0.418. The maximum atomic E-state index is 6.37. The van der Waals surface area contributed by atoms with Gasteiger partial charge in [-0.05, 0) is 30.9 Å². The Morgan fingerprint density at radius 1 is 1.05 bits per heavy atom. The van der Waals surface area contributed by atoms with Crippen LogP contribution in [0.15, 0.2) is 24.4 Å². The average molecular weight is 288 g/mol. The fraction of sp³-hybridized carbons (Fsp3) is 0.706. The van der Waals surface area contributed by atoms with E-state index in [9.17, 15) is 0 Å². The molecule has 2 unspecified atom stereocenters. The summed E-state index contributed by atoms with van der Waals surface area (Å²) in [5, 5.41) is 0. The molecule has 116 valence electrons. The van der Waals surface area contributed by atoms with Crippen molar-refractivity contribution in [1.29, 1.82) is 0 Å². The van der Waals surface area contributed by atoms with Crippen LogP contribution in [0.25, 0.3) is 0 Å². The summed E-state index contributed by atoms with van der Waals surface area (Å²) in [4.78, 5) is 9.45. The van der Waals surface area contributed by atoms with E-state index in [2.05, 4.69) is 26.9 Å². The van der Waals surface area contributed by atoms with E-state index in [1.54, 1.807) is 0 Å². The van der Waals surface area contributed by atoms with Crippen LogP contribution in [0.3, 0.4) is 0 Å². The van der Waals surface area contributed by atoms with Gasteiger partial charge in [0.2, 0.25) is 0 Å². The molecule has 0 aromatic carbocycles. The first-order valence-corrected chi connectivity index (χ1v) is 8.47. The number of anilines is 1. The molecule has 4 nitrogen and oxygen atoms in total. The zero-order chi connectivity index (χ0) is 14.5. The first-order valence-electron chi connectivity index (χ1n) is 8.47. The van der Waals surface area contributed by atoms with E-state index in [0.29, 0.717) is 12.0 Å². The van der Waals surface area contributed by atoms with Gasteiger partial charge >= 0.3 is 0 Å². The molecule has 2 N–H and O–H groups in total. The van der Waals surface area contributed by atoms with Crippen molar-refractivity contribution in [3.05, 3.63) is 24.4 Å². The lowest BCUT2D eigenvalue weighted by Crippen LogP contribution is -2.49. The van der Waals surface area contributed by atoms with E-state index in [4.69, 9.17) is 5.73 Å². The fourth-order valence-corrected chi connectivity index (χ4v) is 3.67. The normalized spacial score (nSPS) is 28.3. The third kappa shape index (κ3) is 3.95. The molecule has 1 saturated carbocycles. The van der Waals surface area contributed by atoms with Gasteiger partial charge in [-0.15, -0.1) is 0 Å². The minimum Gasteiger partial charge on any atom is -0.354 e. The van der Waals surface area contributed by atoms with Crippen LogP contribution in [-0.4, -0.2) is 48.6 Å². The summed E-state index contributed by atoms with van der Waals surface area (Å²) >= 11 is 0. The lowest BCUT2D eigenvalue weighted by atomic mass is 9.94. The number of piperazine rings is 1. The third-order valence-corrected chi connectivity index (χ3v) is 5.06. The molecule has 0 amide bonds. The van der Waals surface area contributed by atoms with Crippen LogP contribution < -0.4 is 10.6 Å². The maximum absolute atomic E-state index is 6.37. The van der Waals surface area contributed by atoms with Crippen molar-refractivity contribution >= 4 is 5.82 Å². The second kappa shape index (κ2) is 7.23. The van der Waals surface area contributed by atoms with Crippen LogP contribution in [-0.2, 0) is 0 Å². The number of nitrogens with zero attached hydrogens (tertiary/aromatic N) is 3. The number of nitrogens with two attached hydrogens (primary N) is 1. The standard InChI is InChI=1S/C17H28N4/c18-16-7-3-1-2-6-15(16)14-20-10-12-21(13-11-20)17-8-4-5-9-19-17/h4-5,8-9,15-16H,1-3,6-7,10-14,18H2. The highest BCUT2D eigenvalue weighted by Gasteiger charge is 2.25. The van der Waals surface area contributed by atoms with Crippen LogP contribution in [0.2, 0.25) is 0 Å². The summed E-state index contributed by atoms with van der Waals surface area (Å²) in [6.45, 7) is 5.63. The molecular weight excluding hydrogens is 260 g/mol. The predicted octanol–water partition coefficient (Wildman–Crippen LogP) is 2.11. The van der Waals surface area contributed by atoms with Crippen LogP contribution in [0, 0.1) is 5.92 Å². The largest absolute Gasteiger partial charge is 0.354 e. The van der Waals surface area contributed by atoms with Gasteiger partial charge in [0, 0.05) is 45.0 Å². The van der Waals surface area contributed by atoms with Crippen molar-refractivity contribution < 1.29 is 0 Å². The predicted molar refractivity (Wildman–Crippen MR) is 87.4 cm³/mol. The Hall–Kier alpha value is -1.13. The number of rotatable bonds is 3. The molecular formula is C17H28N4. The van der Waals surface area contributed by atoms with Gasteiger partial charge in [0.25, 0.3) is 0 Å². The Labute approximate surface area is 128 Å². The van der Waals surface area contributed by atoms with Gasteiger partial charge in [0.1, 0.15) is 5.82 Å². The maximum Gasteiger partial charge on any atom is 0.128 e. The van der Waals surface area contributed by atoms with E-state index >= 15 is 0 Å². The summed E-state index contributed by atoms with van der Waals surface area (Å²) < 4.78 is 0. The molecule has 2 atom stereocenters. The molecule has 21 heavy (non-hydrogen) atoms. The molecule has 0 bridgehead atoms. The number of pyridine rings is 1. The van der Waals surface area contributed by atoms with Gasteiger partial charge in [-0.2, -0.15) is 0 Å². The van der Waals surface area contributed by atoms with Crippen molar-refractivity contribution in [3.8, 4) is 0 Å². The molecule has 2 fully saturated rings. The Balaban J connectivity index is 1.49. The lowest BCUT2D eigenvalue weighted by molar-refractivity contribution is 0.197. The van der Waals surface area contributed by atoms with Gasteiger partial charge in [0.15, 0.2) is 0 Å². The molecule has 1 aliphatic carbocycles. The van der Waals surface area contributed by atoms with Crippen LogP contribution in [0.5, 0.6) is 0 Å². The Morgan fingerprint density at radius 3 is 2.62 bits per heavy atom. The van der Waals surface area contributed by atoms with E-state index in [1.807, 2.05) is 12.3 Å². The SMILES string of the molecule is NC1CCCCCC1CN1CCN(c2ccccn2)CC1. The van der Waals surface area contributed by atoms with E-state index in [-0.39, 0.29) is 0 Å². The van der Waals surface area contributed by atoms with Crippen LogP contribution in [0.4, 0.5) is 5.82 Å². The molecule has 2 heterocycles. The van der Waals surface area contributed by atoms with Crippen LogP contribution >= 0.6 is 0 Å². The Bertz CT molecular complexity index is 414. The second-order valence-corrected chi connectivity index (χ2v) is 6.54. The first-order chi connectivity index (χ1) is 10.3. The van der Waals surface area contributed by atoms with Crippen molar-refractivity contribution in [1.82, 2.24) is 9.88 Å². The molecule has 1 aliphatic heterocycles. The van der Waals surface area contributed by atoms with Gasteiger partial charge in [-0.25, -0.2) is 4.98 Å². The highest BCUT2D eigenvalue weighted by molar-refractivity contribution is 5.38. The summed E-state index contributed by atoms with van der Waals surface area (Å²) in [5.41, 5.74) is 6.37. The fourth-order valence-electron chi connectivity index (χ4n) is 3.67. The molecule has 4 heteroatoms. The highest BCUT2D eigenvalue weighted by atomic mass is 15.3. The molecule has 2 aliphatic rings. The van der Waals surface area contributed by atoms with E-state index in [0.717, 1.165) is 32.0 Å². The molecule has 1 aromatic heterocycles. The van der Waals surface area contributed by atoms with Crippen molar-refractivity contribution in [3.63, 3.8) is 0 Å².